The minimum Gasteiger partial charge on any atom is -0.0701 e. The fourth-order valence-electron chi connectivity index (χ4n) is 2.16. The van der Waals surface area contributed by atoms with Crippen molar-refractivity contribution in [3.05, 3.63) is 0 Å². The molecule has 0 radical (unpaired) electrons. The Bertz CT molecular complexity index is 243. The SMILES string of the molecule is BrC1(Br)CCCCCCCCCC(Br)(Br)C1(Br)Br.[AlH3]. The highest BCUT2D eigenvalue weighted by atomic mass is 79.9. The molecule has 0 aromatic carbocycles. The molecule has 0 atom stereocenters. The van der Waals surface area contributed by atoms with Gasteiger partial charge >= 0.3 is 0 Å². The largest absolute Gasteiger partial charge is 0.187 e. The number of hydrogen-bond acceptors (Lipinski definition) is 0. The number of halogens is 6. The Hall–Kier alpha value is 3.41. The molecule has 0 N–H and O–H groups in total. The standard InChI is InChI=1S/C12H18Br6.Al.3H/c13-10(14)8-6-4-2-1-3-5-7-9-11(15,16)12(10,17)18;;;;/h1-9H2;;;;. The van der Waals surface area contributed by atoms with Crippen LogP contribution in [0.3, 0.4) is 0 Å². The quantitative estimate of drug-likeness (QED) is 0.197. The summed E-state index contributed by atoms with van der Waals surface area (Å²) in [5.74, 6) is 0. The molecule has 0 aromatic rings. The predicted molar refractivity (Wildman–Crippen MR) is 113 cm³/mol. The van der Waals surface area contributed by atoms with E-state index in [9.17, 15) is 0 Å². The Labute approximate surface area is 178 Å². The van der Waals surface area contributed by atoms with Gasteiger partial charge in [-0.15, -0.1) is 0 Å². The van der Waals surface area contributed by atoms with E-state index in [1.54, 1.807) is 0 Å². The molecule has 19 heavy (non-hydrogen) atoms. The van der Waals surface area contributed by atoms with Crippen molar-refractivity contribution < 1.29 is 0 Å². The molecule has 7 heteroatoms. The fraction of sp³-hybridized carbons (Fsp3) is 1.00. The van der Waals surface area contributed by atoms with E-state index in [-0.39, 0.29) is 27.1 Å². The lowest BCUT2D eigenvalue weighted by Crippen LogP contribution is -2.47. The molecule has 1 aliphatic rings. The molecule has 0 unspecified atom stereocenters. The van der Waals surface area contributed by atoms with Gasteiger partial charge in [0.25, 0.3) is 0 Å². The minimum atomic E-state index is -0.292. The summed E-state index contributed by atoms with van der Waals surface area (Å²) in [4.78, 5) is 0. The van der Waals surface area contributed by atoms with Crippen molar-refractivity contribution >= 4 is 113 Å². The zero-order valence-electron chi connectivity index (χ0n) is 10.1. The van der Waals surface area contributed by atoms with Crippen LogP contribution in [0.4, 0.5) is 0 Å². The second-order valence-corrected chi connectivity index (χ2v) is 15.9. The molecule has 0 nitrogen and oxygen atoms in total. The van der Waals surface area contributed by atoms with Crippen LogP contribution in [0.25, 0.3) is 0 Å². The van der Waals surface area contributed by atoms with E-state index < -0.39 is 0 Å². The van der Waals surface area contributed by atoms with Crippen LogP contribution >= 0.6 is 95.6 Å². The minimum absolute atomic E-state index is 0. The van der Waals surface area contributed by atoms with Gasteiger partial charge in [-0.1, -0.05) is 141 Å². The lowest BCUT2D eigenvalue weighted by atomic mass is 10.0. The van der Waals surface area contributed by atoms with Crippen LogP contribution < -0.4 is 0 Å². The topological polar surface area (TPSA) is 0 Å². The monoisotopic (exact) mass is 666 g/mol. The molecule has 0 spiro atoms. The predicted octanol–water partition coefficient (Wildman–Crippen LogP) is 6.79. The molecule has 1 aliphatic carbocycles. The van der Waals surface area contributed by atoms with E-state index in [4.69, 9.17) is 0 Å². The molecule has 1 rings (SSSR count). The van der Waals surface area contributed by atoms with E-state index >= 15 is 0 Å². The summed E-state index contributed by atoms with van der Waals surface area (Å²) in [6, 6.07) is 0. The summed E-state index contributed by atoms with van der Waals surface area (Å²) >= 11 is 23.1. The Balaban J connectivity index is 0.00000324. The first-order chi connectivity index (χ1) is 8.21. The lowest BCUT2D eigenvalue weighted by Gasteiger charge is -2.44. The van der Waals surface area contributed by atoms with Crippen molar-refractivity contribution in [1.82, 2.24) is 0 Å². The lowest BCUT2D eigenvalue weighted by molar-refractivity contribution is 0.502. The molecule has 1 saturated carbocycles. The summed E-state index contributed by atoms with van der Waals surface area (Å²) < 4.78 is -0.655. The maximum Gasteiger partial charge on any atom is 0.187 e. The van der Waals surface area contributed by atoms with Crippen molar-refractivity contribution in [2.75, 3.05) is 0 Å². The number of alkyl halides is 6. The van der Waals surface area contributed by atoms with Crippen LogP contribution in [0.15, 0.2) is 0 Å². The average molecular weight is 672 g/mol. The van der Waals surface area contributed by atoms with Crippen LogP contribution in [0.5, 0.6) is 0 Å². The van der Waals surface area contributed by atoms with Crippen LogP contribution in [0.2, 0.25) is 0 Å². The van der Waals surface area contributed by atoms with Gasteiger partial charge in [0, 0.05) is 0 Å². The van der Waals surface area contributed by atoms with Crippen LogP contribution in [-0.4, -0.2) is 27.1 Å². The van der Waals surface area contributed by atoms with Crippen molar-refractivity contribution in [3.8, 4) is 0 Å². The summed E-state index contributed by atoms with van der Waals surface area (Å²) in [6.07, 6.45) is 11.3. The van der Waals surface area contributed by atoms with Crippen molar-refractivity contribution in [2.45, 2.75) is 67.5 Å². The maximum absolute atomic E-state index is 3.85. The van der Waals surface area contributed by atoms with E-state index in [1.807, 2.05) is 0 Å². The molecule has 0 heterocycles. The Kier molecular flexibility index (Phi) is 11.4. The fourth-order valence-corrected chi connectivity index (χ4v) is 6.49. The van der Waals surface area contributed by atoms with Crippen molar-refractivity contribution in [3.63, 3.8) is 0 Å². The molecule has 0 aromatic heterocycles. The second kappa shape index (κ2) is 9.65. The van der Waals surface area contributed by atoms with Gasteiger partial charge in [-0.05, 0) is 12.8 Å². The average Bonchev–Trinajstić information content (AvgIpc) is 2.25. The third-order valence-electron chi connectivity index (χ3n) is 3.40. The molecule has 0 aliphatic heterocycles. The summed E-state index contributed by atoms with van der Waals surface area (Å²) in [7, 11) is 0. The first kappa shape index (κ1) is 22.4. The van der Waals surface area contributed by atoms with Gasteiger partial charge < -0.3 is 0 Å². The van der Waals surface area contributed by atoms with Crippen molar-refractivity contribution in [2.24, 2.45) is 0 Å². The maximum atomic E-state index is 3.85. The first-order valence-corrected chi connectivity index (χ1v) is 11.1. The van der Waals surface area contributed by atoms with E-state index in [1.165, 1.54) is 44.9 Å². The normalized spacial score (nSPS) is 27.5. The molecule has 0 saturated heterocycles. The molecular formula is C12H21AlBr6. The third kappa shape index (κ3) is 6.43. The van der Waals surface area contributed by atoms with Gasteiger partial charge in [0.1, 0.15) is 9.70 Å². The third-order valence-corrected chi connectivity index (χ3v) is 14.3. The van der Waals surface area contributed by atoms with Gasteiger partial charge in [-0.2, -0.15) is 0 Å². The smallest absolute Gasteiger partial charge is 0.0701 e. The Morgan fingerprint density at radius 1 is 0.474 bits per heavy atom. The molecular weight excluding hydrogens is 651 g/mol. The zero-order valence-corrected chi connectivity index (χ0v) is 19.6. The highest BCUT2D eigenvalue weighted by Gasteiger charge is 2.56. The van der Waals surface area contributed by atoms with E-state index in [2.05, 4.69) is 95.6 Å². The Morgan fingerprint density at radius 3 is 1.05 bits per heavy atom. The first-order valence-electron chi connectivity index (χ1n) is 6.34. The highest BCUT2D eigenvalue weighted by Crippen LogP contribution is 2.63. The summed E-state index contributed by atoms with van der Waals surface area (Å²) in [6.45, 7) is 0. The summed E-state index contributed by atoms with van der Waals surface area (Å²) in [5, 5.41) is 0. The van der Waals surface area contributed by atoms with E-state index in [0.29, 0.717) is 0 Å². The van der Waals surface area contributed by atoms with Crippen molar-refractivity contribution in [1.29, 1.82) is 0 Å². The van der Waals surface area contributed by atoms with Gasteiger partial charge in [-0.25, -0.2) is 0 Å². The van der Waals surface area contributed by atoms with Crippen LogP contribution in [0, 0.1) is 0 Å². The zero-order chi connectivity index (χ0) is 13.9. The Morgan fingerprint density at radius 2 is 0.737 bits per heavy atom. The van der Waals surface area contributed by atoms with Crippen LogP contribution in [0.1, 0.15) is 57.8 Å². The summed E-state index contributed by atoms with van der Waals surface area (Å²) in [5.41, 5.74) is 0. The molecule has 0 amide bonds. The molecule has 114 valence electrons. The second-order valence-electron chi connectivity index (χ2n) is 4.96. The van der Waals surface area contributed by atoms with Crippen LogP contribution in [-0.2, 0) is 0 Å². The van der Waals surface area contributed by atoms with Gasteiger partial charge in [-0.3, -0.25) is 0 Å². The molecule has 1 fully saturated rings. The number of hydrogen-bond donors (Lipinski definition) is 0. The van der Waals surface area contributed by atoms with E-state index in [0.717, 1.165) is 12.8 Å². The van der Waals surface area contributed by atoms with Gasteiger partial charge in [0.2, 0.25) is 0 Å². The highest BCUT2D eigenvalue weighted by molar-refractivity contribution is 9.33. The molecule has 0 bridgehead atoms. The number of rotatable bonds is 0. The van der Waals surface area contributed by atoms with Gasteiger partial charge in [0.05, 0.1) is 0 Å². The van der Waals surface area contributed by atoms with Gasteiger partial charge in [0.15, 0.2) is 17.4 Å².